The summed E-state index contributed by atoms with van der Waals surface area (Å²) >= 11 is 0. The van der Waals surface area contributed by atoms with Gasteiger partial charge in [0, 0.05) is 12.6 Å². The number of primary sulfonamides is 1. The van der Waals surface area contributed by atoms with Gasteiger partial charge < -0.3 is 10.5 Å². The van der Waals surface area contributed by atoms with E-state index in [0.29, 0.717) is 18.0 Å². The van der Waals surface area contributed by atoms with Crippen molar-refractivity contribution in [3.63, 3.8) is 0 Å². The van der Waals surface area contributed by atoms with Crippen LogP contribution in [0.5, 0.6) is 5.75 Å². The van der Waals surface area contributed by atoms with Crippen LogP contribution in [0, 0.1) is 0 Å². The van der Waals surface area contributed by atoms with Crippen LogP contribution in [0.25, 0.3) is 0 Å². The highest BCUT2D eigenvalue weighted by Gasteiger charge is 2.13. The second-order valence-electron chi connectivity index (χ2n) is 4.64. The summed E-state index contributed by atoms with van der Waals surface area (Å²) in [5, 5.41) is 5.07. The fraction of sp³-hybridized carbons (Fsp3) is 0.500. The van der Waals surface area contributed by atoms with Gasteiger partial charge in [0.15, 0.2) is 0 Å². The number of likely N-dealkylation sites (tertiary alicyclic amines) is 1. The van der Waals surface area contributed by atoms with E-state index in [4.69, 9.17) is 15.6 Å². The number of nitrogens with two attached hydrogens (primary N) is 2. The molecular formula is C12H19N3O3S. The van der Waals surface area contributed by atoms with Crippen LogP contribution >= 0.6 is 0 Å². The Morgan fingerprint density at radius 2 is 1.95 bits per heavy atom. The smallest absolute Gasteiger partial charge is 0.238 e. The molecular weight excluding hydrogens is 266 g/mol. The highest BCUT2D eigenvalue weighted by Crippen LogP contribution is 2.24. The van der Waals surface area contributed by atoms with Gasteiger partial charge >= 0.3 is 0 Å². The van der Waals surface area contributed by atoms with E-state index in [-0.39, 0.29) is 4.90 Å². The number of benzene rings is 1. The molecule has 4 N–H and O–H groups in total. The average molecular weight is 285 g/mol. The lowest BCUT2D eigenvalue weighted by molar-refractivity contribution is 0.238. The van der Waals surface area contributed by atoms with Crippen LogP contribution in [-0.4, -0.2) is 39.6 Å². The SMILES string of the molecule is Nc1ccc(S(N)(=O)=O)cc1OCCN1CCCC1. The first-order valence-corrected chi connectivity index (χ1v) is 7.79. The minimum atomic E-state index is -3.73. The number of hydrogen-bond donors (Lipinski definition) is 2. The summed E-state index contributed by atoms with van der Waals surface area (Å²) in [5.74, 6) is 0.366. The Morgan fingerprint density at radius 3 is 2.58 bits per heavy atom. The maximum absolute atomic E-state index is 11.3. The summed E-state index contributed by atoms with van der Waals surface area (Å²) in [7, 11) is -3.73. The molecule has 0 saturated carbocycles. The summed E-state index contributed by atoms with van der Waals surface area (Å²) in [6.45, 7) is 3.49. The third-order valence-electron chi connectivity index (χ3n) is 3.18. The zero-order valence-corrected chi connectivity index (χ0v) is 11.5. The standard InChI is InChI=1S/C12H19N3O3S/c13-11-4-3-10(19(14,16)17)9-12(11)18-8-7-15-5-1-2-6-15/h3-4,9H,1-2,5-8,13H2,(H2,14,16,17). The van der Waals surface area contributed by atoms with Crippen molar-refractivity contribution in [2.45, 2.75) is 17.7 Å². The zero-order valence-electron chi connectivity index (χ0n) is 10.7. The Balaban J connectivity index is 1.98. The summed E-state index contributed by atoms with van der Waals surface area (Å²) in [6, 6.07) is 4.23. The van der Waals surface area contributed by atoms with Crippen molar-refractivity contribution < 1.29 is 13.2 Å². The van der Waals surface area contributed by atoms with Gasteiger partial charge in [0.2, 0.25) is 10.0 Å². The molecule has 6 nitrogen and oxygen atoms in total. The maximum atomic E-state index is 11.3. The van der Waals surface area contributed by atoms with E-state index in [9.17, 15) is 8.42 Å². The molecule has 0 amide bonds. The van der Waals surface area contributed by atoms with Gasteiger partial charge in [-0.2, -0.15) is 0 Å². The fourth-order valence-electron chi connectivity index (χ4n) is 2.11. The van der Waals surface area contributed by atoms with Crippen molar-refractivity contribution in [3.05, 3.63) is 18.2 Å². The largest absolute Gasteiger partial charge is 0.490 e. The molecule has 0 radical (unpaired) electrons. The average Bonchev–Trinajstić information content (AvgIpc) is 2.83. The van der Waals surface area contributed by atoms with Gasteiger partial charge in [0.1, 0.15) is 12.4 Å². The van der Waals surface area contributed by atoms with E-state index >= 15 is 0 Å². The van der Waals surface area contributed by atoms with E-state index in [0.717, 1.165) is 19.6 Å². The molecule has 7 heteroatoms. The highest BCUT2D eigenvalue weighted by atomic mass is 32.2. The molecule has 0 aliphatic carbocycles. The molecule has 0 bridgehead atoms. The van der Waals surface area contributed by atoms with Gasteiger partial charge in [-0.05, 0) is 38.1 Å². The van der Waals surface area contributed by atoms with E-state index in [1.165, 1.54) is 31.0 Å². The summed E-state index contributed by atoms with van der Waals surface area (Å²) in [4.78, 5) is 2.32. The predicted molar refractivity (Wildman–Crippen MR) is 73.4 cm³/mol. The quantitative estimate of drug-likeness (QED) is 0.763. The van der Waals surface area contributed by atoms with Crippen LogP contribution in [0.3, 0.4) is 0 Å². The Kier molecular flexibility index (Phi) is 4.28. The third-order valence-corrected chi connectivity index (χ3v) is 4.09. The van der Waals surface area contributed by atoms with Gasteiger partial charge in [-0.3, -0.25) is 4.90 Å². The van der Waals surface area contributed by atoms with Crippen LogP contribution in [-0.2, 0) is 10.0 Å². The summed E-state index contributed by atoms with van der Waals surface area (Å²) in [5.41, 5.74) is 6.16. The van der Waals surface area contributed by atoms with E-state index < -0.39 is 10.0 Å². The molecule has 1 fully saturated rings. The lowest BCUT2D eigenvalue weighted by atomic mass is 10.3. The lowest BCUT2D eigenvalue weighted by Crippen LogP contribution is -2.25. The normalized spacial score (nSPS) is 16.7. The number of hydrogen-bond acceptors (Lipinski definition) is 5. The monoisotopic (exact) mass is 285 g/mol. The highest BCUT2D eigenvalue weighted by molar-refractivity contribution is 7.89. The molecule has 0 spiro atoms. The molecule has 1 saturated heterocycles. The van der Waals surface area contributed by atoms with Crippen molar-refractivity contribution >= 4 is 15.7 Å². The van der Waals surface area contributed by atoms with E-state index in [1.807, 2.05) is 0 Å². The molecule has 19 heavy (non-hydrogen) atoms. The molecule has 1 heterocycles. The lowest BCUT2D eigenvalue weighted by Gasteiger charge is -2.16. The number of rotatable bonds is 5. The molecule has 0 unspecified atom stereocenters. The maximum Gasteiger partial charge on any atom is 0.238 e. The van der Waals surface area contributed by atoms with Crippen molar-refractivity contribution in [1.82, 2.24) is 4.90 Å². The van der Waals surface area contributed by atoms with Crippen molar-refractivity contribution in [2.24, 2.45) is 5.14 Å². The minimum Gasteiger partial charge on any atom is -0.490 e. The molecule has 2 rings (SSSR count). The molecule has 0 atom stereocenters. The van der Waals surface area contributed by atoms with Crippen molar-refractivity contribution in [2.75, 3.05) is 32.0 Å². The number of nitrogen functional groups attached to an aromatic ring is 1. The summed E-state index contributed by atoms with van der Waals surface area (Å²) in [6.07, 6.45) is 2.45. The van der Waals surface area contributed by atoms with Crippen LogP contribution in [0.15, 0.2) is 23.1 Å². The Hall–Kier alpha value is -1.31. The van der Waals surface area contributed by atoms with Gasteiger partial charge in [0.25, 0.3) is 0 Å². The van der Waals surface area contributed by atoms with Gasteiger partial charge in [0.05, 0.1) is 10.6 Å². The molecule has 1 aromatic rings. The molecule has 1 aliphatic rings. The number of nitrogens with zero attached hydrogens (tertiary/aromatic N) is 1. The zero-order chi connectivity index (χ0) is 13.9. The second kappa shape index (κ2) is 5.77. The first-order chi connectivity index (χ1) is 8.97. The van der Waals surface area contributed by atoms with Crippen LogP contribution in [0.2, 0.25) is 0 Å². The number of sulfonamides is 1. The Bertz CT molecular complexity index is 539. The first kappa shape index (κ1) is 14.1. The third kappa shape index (κ3) is 3.82. The fourth-order valence-corrected chi connectivity index (χ4v) is 2.64. The van der Waals surface area contributed by atoms with Crippen molar-refractivity contribution in [1.29, 1.82) is 0 Å². The Labute approximate surface area is 113 Å². The van der Waals surface area contributed by atoms with Crippen LogP contribution in [0.4, 0.5) is 5.69 Å². The molecule has 1 aromatic carbocycles. The molecule has 106 valence electrons. The van der Waals surface area contributed by atoms with Gasteiger partial charge in [-0.1, -0.05) is 0 Å². The predicted octanol–water partition coefficient (Wildman–Crippen LogP) is 0.391. The van der Waals surface area contributed by atoms with Gasteiger partial charge in [-0.15, -0.1) is 0 Å². The van der Waals surface area contributed by atoms with Gasteiger partial charge in [-0.25, -0.2) is 13.6 Å². The van der Waals surface area contributed by atoms with E-state index in [1.54, 1.807) is 0 Å². The Morgan fingerprint density at radius 1 is 1.26 bits per heavy atom. The topological polar surface area (TPSA) is 98.7 Å². The second-order valence-corrected chi connectivity index (χ2v) is 6.20. The number of anilines is 1. The number of ether oxygens (including phenoxy) is 1. The minimum absolute atomic E-state index is 0.0119. The molecule has 1 aliphatic heterocycles. The summed E-state index contributed by atoms with van der Waals surface area (Å²) < 4.78 is 28.1. The molecule has 0 aromatic heterocycles. The van der Waals surface area contributed by atoms with Crippen LogP contribution in [0.1, 0.15) is 12.8 Å². The first-order valence-electron chi connectivity index (χ1n) is 6.24. The van der Waals surface area contributed by atoms with Crippen LogP contribution < -0.4 is 15.6 Å². The van der Waals surface area contributed by atoms with E-state index in [2.05, 4.69) is 4.90 Å². The van der Waals surface area contributed by atoms with Crippen molar-refractivity contribution in [3.8, 4) is 5.75 Å².